The molecule has 6 nitrogen and oxygen atoms in total. The molecule has 2 unspecified atom stereocenters. The molecule has 2 aliphatic rings. The molecule has 1 aromatic carbocycles. The molecule has 0 amide bonds. The molecule has 0 spiro atoms. The Labute approximate surface area is 161 Å². The van der Waals surface area contributed by atoms with Gasteiger partial charge in [-0.3, -0.25) is 0 Å². The van der Waals surface area contributed by atoms with Gasteiger partial charge in [-0.1, -0.05) is 29.8 Å². The average molecular weight is 364 g/mol. The smallest absolute Gasteiger partial charge is 0.220 e. The Morgan fingerprint density at radius 3 is 2.70 bits per heavy atom. The molecule has 2 aliphatic heterocycles. The van der Waals surface area contributed by atoms with Gasteiger partial charge in [0, 0.05) is 19.3 Å². The lowest BCUT2D eigenvalue weighted by atomic mass is 9.94. The van der Waals surface area contributed by atoms with E-state index in [0.717, 1.165) is 36.6 Å². The van der Waals surface area contributed by atoms with E-state index in [9.17, 15) is 0 Å². The Morgan fingerprint density at radius 2 is 2.00 bits per heavy atom. The molecule has 4 rings (SSSR count). The molecular formula is C21H28N6. The number of hydrogen-bond acceptors (Lipinski definition) is 6. The number of benzene rings is 1. The van der Waals surface area contributed by atoms with Crippen LogP contribution in [0.5, 0.6) is 0 Å². The Bertz CT molecular complexity index is 842. The van der Waals surface area contributed by atoms with E-state index in [1.165, 1.54) is 17.5 Å². The first-order valence-corrected chi connectivity index (χ1v) is 9.59. The standard InChI is InChI=1S/C21H28N6/c1-14-4-6-16(7-5-14)19-20(17-8-10-23-21(22)24-17)27-11-9-15(13-26(2)3)12-18(27)25-19/h4-8,10,15,18,25H,9,11-13H2,1-3H3,(H2,22,23,24). The second-order valence-electron chi connectivity index (χ2n) is 7.90. The zero-order valence-corrected chi connectivity index (χ0v) is 16.3. The van der Waals surface area contributed by atoms with Crippen molar-refractivity contribution in [2.24, 2.45) is 5.92 Å². The number of piperidine rings is 1. The third-order valence-electron chi connectivity index (χ3n) is 5.43. The van der Waals surface area contributed by atoms with Crippen molar-refractivity contribution < 1.29 is 0 Å². The number of hydrogen-bond donors (Lipinski definition) is 2. The van der Waals surface area contributed by atoms with Crippen molar-refractivity contribution in [3.05, 3.63) is 53.3 Å². The average Bonchev–Trinajstić information content (AvgIpc) is 3.00. The van der Waals surface area contributed by atoms with Crippen molar-refractivity contribution in [2.45, 2.75) is 25.9 Å². The van der Waals surface area contributed by atoms with Crippen molar-refractivity contribution in [1.82, 2.24) is 25.1 Å². The lowest BCUT2D eigenvalue weighted by molar-refractivity contribution is 0.151. The van der Waals surface area contributed by atoms with E-state index in [-0.39, 0.29) is 0 Å². The molecule has 0 saturated carbocycles. The molecule has 0 aliphatic carbocycles. The summed E-state index contributed by atoms with van der Waals surface area (Å²) in [5, 5.41) is 3.79. The van der Waals surface area contributed by atoms with E-state index in [1.807, 2.05) is 6.07 Å². The number of nitrogens with one attached hydrogen (secondary N) is 1. The molecule has 2 atom stereocenters. The predicted octanol–water partition coefficient (Wildman–Crippen LogP) is 2.40. The van der Waals surface area contributed by atoms with Crippen LogP contribution in [-0.2, 0) is 0 Å². The van der Waals surface area contributed by atoms with Gasteiger partial charge in [-0.15, -0.1) is 0 Å². The molecular weight excluding hydrogens is 336 g/mol. The van der Waals surface area contributed by atoms with Gasteiger partial charge in [0.05, 0.1) is 23.3 Å². The lowest BCUT2D eigenvalue weighted by Gasteiger charge is -2.38. The highest BCUT2D eigenvalue weighted by Gasteiger charge is 2.38. The van der Waals surface area contributed by atoms with Crippen LogP contribution in [0.2, 0.25) is 0 Å². The first-order chi connectivity index (χ1) is 13.0. The van der Waals surface area contributed by atoms with Crippen LogP contribution in [0.3, 0.4) is 0 Å². The maximum atomic E-state index is 5.89. The van der Waals surface area contributed by atoms with Crippen molar-refractivity contribution in [3.8, 4) is 0 Å². The number of nitrogens with zero attached hydrogens (tertiary/aromatic N) is 4. The highest BCUT2D eigenvalue weighted by atomic mass is 15.3. The number of nitrogens with two attached hydrogens (primary N) is 1. The van der Waals surface area contributed by atoms with E-state index in [1.54, 1.807) is 6.20 Å². The summed E-state index contributed by atoms with van der Waals surface area (Å²) in [7, 11) is 4.30. The minimum Gasteiger partial charge on any atom is -0.368 e. The molecule has 1 aromatic heterocycles. The van der Waals surface area contributed by atoms with Crippen molar-refractivity contribution >= 4 is 17.3 Å². The molecule has 3 heterocycles. The Morgan fingerprint density at radius 1 is 1.22 bits per heavy atom. The van der Waals surface area contributed by atoms with E-state index in [4.69, 9.17) is 5.73 Å². The fourth-order valence-electron chi connectivity index (χ4n) is 4.22. The Balaban J connectivity index is 1.72. The maximum absolute atomic E-state index is 5.89. The summed E-state index contributed by atoms with van der Waals surface area (Å²) >= 11 is 0. The summed E-state index contributed by atoms with van der Waals surface area (Å²) in [6, 6.07) is 10.6. The number of rotatable bonds is 4. The highest BCUT2D eigenvalue weighted by molar-refractivity contribution is 5.90. The fraction of sp³-hybridized carbons (Fsp3) is 0.429. The normalized spacial score (nSPS) is 22.1. The molecule has 3 N–H and O–H groups in total. The molecule has 142 valence electrons. The molecule has 6 heteroatoms. The van der Waals surface area contributed by atoms with Crippen LogP contribution in [0, 0.1) is 12.8 Å². The van der Waals surface area contributed by atoms with Crippen LogP contribution in [0.15, 0.2) is 36.5 Å². The fourth-order valence-corrected chi connectivity index (χ4v) is 4.22. The van der Waals surface area contributed by atoms with Gasteiger partial charge >= 0.3 is 0 Å². The van der Waals surface area contributed by atoms with E-state index >= 15 is 0 Å². The number of aromatic nitrogens is 2. The number of aryl methyl sites for hydroxylation is 1. The van der Waals surface area contributed by atoms with Gasteiger partial charge in [-0.25, -0.2) is 9.97 Å². The summed E-state index contributed by atoms with van der Waals surface area (Å²) in [5.41, 5.74) is 11.5. The number of nitrogen functional groups attached to an aromatic ring is 1. The number of anilines is 1. The quantitative estimate of drug-likeness (QED) is 0.868. The summed E-state index contributed by atoms with van der Waals surface area (Å²) in [4.78, 5) is 13.3. The van der Waals surface area contributed by atoms with E-state index < -0.39 is 0 Å². The molecule has 2 aromatic rings. The van der Waals surface area contributed by atoms with Gasteiger partial charge in [0.2, 0.25) is 5.95 Å². The van der Waals surface area contributed by atoms with Gasteiger partial charge in [0.25, 0.3) is 0 Å². The van der Waals surface area contributed by atoms with Crippen LogP contribution in [0.4, 0.5) is 5.95 Å². The molecule has 1 saturated heterocycles. The van der Waals surface area contributed by atoms with Crippen LogP contribution in [0.25, 0.3) is 11.4 Å². The lowest BCUT2D eigenvalue weighted by Crippen LogP contribution is -2.45. The third kappa shape index (κ3) is 3.62. The van der Waals surface area contributed by atoms with Crippen LogP contribution < -0.4 is 11.1 Å². The first kappa shape index (κ1) is 17.8. The van der Waals surface area contributed by atoms with Gasteiger partial charge in [0.1, 0.15) is 0 Å². The minimum atomic E-state index is 0.297. The summed E-state index contributed by atoms with van der Waals surface area (Å²) in [6.07, 6.45) is 4.34. The largest absolute Gasteiger partial charge is 0.368 e. The summed E-state index contributed by atoms with van der Waals surface area (Å²) in [5.74, 6) is 1.01. The topological polar surface area (TPSA) is 70.3 Å². The highest BCUT2D eigenvalue weighted by Crippen LogP contribution is 2.39. The molecule has 27 heavy (non-hydrogen) atoms. The SMILES string of the molecule is Cc1ccc(C2=C(c3ccnc(N)n3)N3CCC(CN(C)C)CC3N2)cc1. The van der Waals surface area contributed by atoms with Crippen molar-refractivity contribution in [2.75, 3.05) is 32.9 Å². The van der Waals surface area contributed by atoms with Gasteiger partial charge in [-0.05, 0) is 51.4 Å². The predicted molar refractivity (Wildman–Crippen MR) is 109 cm³/mol. The monoisotopic (exact) mass is 364 g/mol. The minimum absolute atomic E-state index is 0.297. The summed E-state index contributed by atoms with van der Waals surface area (Å²) < 4.78 is 0. The molecule has 1 fully saturated rings. The van der Waals surface area contributed by atoms with Gasteiger partial charge in [-0.2, -0.15) is 0 Å². The van der Waals surface area contributed by atoms with E-state index in [2.05, 4.69) is 70.4 Å². The van der Waals surface area contributed by atoms with Crippen LogP contribution >= 0.6 is 0 Å². The zero-order chi connectivity index (χ0) is 19.0. The second kappa shape index (κ2) is 7.19. The van der Waals surface area contributed by atoms with Gasteiger partial charge in [0.15, 0.2) is 0 Å². The van der Waals surface area contributed by atoms with Crippen molar-refractivity contribution in [3.63, 3.8) is 0 Å². The molecule has 0 bridgehead atoms. The van der Waals surface area contributed by atoms with E-state index in [0.29, 0.717) is 18.0 Å². The second-order valence-corrected chi connectivity index (χ2v) is 7.90. The van der Waals surface area contributed by atoms with Crippen LogP contribution in [0.1, 0.15) is 29.7 Å². The zero-order valence-electron chi connectivity index (χ0n) is 16.3. The summed E-state index contributed by atoms with van der Waals surface area (Å²) in [6.45, 7) is 4.26. The Kier molecular flexibility index (Phi) is 4.74. The molecule has 0 radical (unpaired) electrons. The third-order valence-corrected chi connectivity index (χ3v) is 5.43. The van der Waals surface area contributed by atoms with Gasteiger partial charge < -0.3 is 20.9 Å². The first-order valence-electron chi connectivity index (χ1n) is 9.59. The Hall–Kier alpha value is -2.60. The maximum Gasteiger partial charge on any atom is 0.220 e. The van der Waals surface area contributed by atoms with Crippen LogP contribution in [-0.4, -0.2) is 53.1 Å². The van der Waals surface area contributed by atoms with Crippen molar-refractivity contribution in [1.29, 1.82) is 0 Å². The number of fused-ring (bicyclic) bond motifs is 1.